The monoisotopic (exact) mass is 537 g/mol. The Bertz CT molecular complexity index is 838. The second-order valence-electron chi connectivity index (χ2n) is 11.9. The molecule has 0 atom stereocenters. The number of nitrogens with zero attached hydrogens (tertiary/aromatic N) is 3. The average Bonchev–Trinajstić information content (AvgIpc) is 2.99. The summed E-state index contributed by atoms with van der Waals surface area (Å²) in [4.78, 5) is 46.6. The minimum absolute atomic E-state index is 0.127. The molecule has 3 fully saturated rings. The van der Waals surface area contributed by atoms with E-state index in [0.717, 1.165) is 94.1 Å². The highest BCUT2D eigenvalue weighted by atomic mass is 16.2. The maximum Gasteiger partial charge on any atom is 0.226 e. The van der Waals surface area contributed by atoms with Crippen molar-refractivity contribution in [2.45, 2.75) is 154 Å². The zero-order valence-electron chi connectivity index (χ0n) is 24.8. The zero-order chi connectivity index (χ0) is 27.8. The number of carbonyl (C=O) groups is 3. The average molecular weight is 538 g/mol. The Morgan fingerprint density at radius 1 is 0.487 bits per heavy atom. The Morgan fingerprint density at radius 2 is 0.718 bits per heavy atom. The number of rotatable bonds is 9. The van der Waals surface area contributed by atoms with Gasteiger partial charge in [-0.25, -0.2) is 0 Å². The number of hydrogen-bond acceptors (Lipinski definition) is 3. The standard InChI is InChI=1S/C33H51N3O3/c1-4-31(37)34(25-16-10-7-11-17-25)28-22-29(35(32(38)5-2)26-18-12-8-13-19-26)24-30(23-28)36(33(39)6-3)27-20-14-9-15-21-27/h22-27H,4-21H2,1-3H3. The molecule has 3 saturated carbocycles. The molecule has 0 radical (unpaired) electrons. The van der Waals surface area contributed by atoms with E-state index in [0.29, 0.717) is 19.3 Å². The summed E-state index contributed by atoms with van der Waals surface area (Å²) < 4.78 is 0. The third-order valence-corrected chi connectivity index (χ3v) is 9.25. The van der Waals surface area contributed by atoms with Crippen molar-refractivity contribution in [2.75, 3.05) is 14.7 Å². The highest BCUT2D eigenvalue weighted by Gasteiger charge is 2.33. The molecule has 0 heterocycles. The highest BCUT2D eigenvalue weighted by Crippen LogP contribution is 2.39. The van der Waals surface area contributed by atoms with Crippen LogP contribution >= 0.6 is 0 Å². The van der Waals surface area contributed by atoms with E-state index >= 15 is 0 Å². The van der Waals surface area contributed by atoms with E-state index in [-0.39, 0.29) is 35.8 Å². The van der Waals surface area contributed by atoms with Gasteiger partial charge < -0.3 is 14.7 Å². The second-order valence-corrected chi connectivity index (χ2v) is 11.9. The summed E-state index contributed by atoms with van der Waals surface area (Å²) in [7, 11) is 0. The molecule has 3 aliphatic rings. The Labute approximate surface area is 236 Å². The Balaban J connectivity index is 1.87. The lowest BCUT2D eigenvalue weighted by Gasteiger charge is -2.39. The predicted octanol–water partition coefficient (Wildman–Crippen LogP) is 7.91. The van der Waals surface area contributed by atoms with Crippen molar-refractivity contribution in [2.24, 2.45) is 0 Å². The van der Waals surface area contributed by atoms with Gasteiger partial charge in [0.1, 0.15) is 0 Å². The lowest BCUT2D eigenvalue weighted by atomic mass is 9.92. The van der Waals surface area contributed by atoms with Crippen LogP contribution in [-0.2, 0) is 14.4 Å². The van der Waals surface area contributed by atoms with Gasteiger partial charge in [-0.05, 0) is 56.7 Å². The SMILES string of the molecule is CCC(=O)N(c1cc(N(C(=O)CC)C2CCCCC2)cc(N(C(=O)CC)C2CCCCC2)c1)C1CCCCC1. The van der Waals surface area contributed by atoms with E-state index in [1.807, 2.05) is 35.5 Å². The van der Waals surface area contributed by atoms with Crippen LogP contribution in [0.1, 0.15) is 136 Å². The van der Waals surface area contributed by atoms with Gasteiger partial charge in [0.25, 0.3) is 0 Å². The summed E-state index contributed by atoms with van der Waals surface area (Å²) in [5.74, 6) is 0.381. The minimum atomic E-state index is 0.127. The normalized spacial score (nSPS) is 19.5. The molecule has 4 rings (SSSR count). The molecule has 216 valence electrons. The maximum absolute atomic E-state index is 13.5. The van der Waals surface area contributed by atoms with E-state index in [9.17, 15) is 14.4 Å². The number of carbonyl (C=O) groups excluding carboxylic acids is 3. The summed E-state index contributed by atoms with van der Waals surface area (Å²) >= 11 is 0. The molecule has 0 aromatic heterocycles. The van der Waals surface area contributed by atoms with Crippen LogP contribution in [0.15, 0.2) is 18.2 Å². The van der Waals surface area contributed by atoms with E-state index < -0.39 is 0 Å². The fourth-order valence-corrected chi connectivity index (χ4v) is 7.20. The molecule has 0 bridgehead atoms. The summed E-state index contributed by atoms with van der Waals surface area (Å²) in [6.45, 7) is 5.81. The van der Waals surface area contributed by atoms with Gasteiger partial charge in [-0.15, -0.1) is 0 Å². The van der Waals surface area contributed by atoms with Gasteiger partial charge in [0.05, 0.1) is 0 Å². The topological polar surface area (TPSA) is 60.9 Å². The first-order valence-corrected chi connectivity index (χ1v) is 16.1. The van der Waals surface area contributed by atoms with Gasteiger partial charge in [-0.1, -0.05) is 78.6 Å². The molecular formula is C33H51N3O3. The minimum Gasteiger partial charge on any atom is -0.309 e. The Kier molecular flexibility index (Phi) is 10.9. The molecule has 1 aromatic carbocycles. The third-order valence-electron chi connectivity index (χ3n) is 9.25. The van der Waals surface area contributed by atoms with Crippen LogP contribution in [0.4, 0.5) is 17.1 Å². The predicted molar refractivity (Wildman–Crippen MR) is 160 cm³/mol. The van der Waals surface area contributed by atoms with Crippen molar-refractivity contribution in [3.63, 3.8) is 0 Å². The fraction of sp³-hybridized carbons (Fsp3) is 0.727. The van der Waals surface area contributed by atoms with Crippen molar-refractivity contribution in [3.05, 3.63) is 18.2 Å². The van der Waals surface area contributed by atoms with E-state index in [1.165, 1.54) is 19.3 Å². The van der Waals surface area contributed by atoms with Crippen LogP contribution in [0, 0.1) is 0 Å². The summed E-state index contributed by atoms with van der Waals surface area (Å²) in [5, 5.41) is 0. The number of amides is 3. The lowest BCUT2D eigenvalue weighted by Crippen LogP contribution is -2.44. The Morgan fingerprint density at radius 3 is 0.923 bits per heavy atom. The molecule has 0 unspecified atom stereocenters. The van der Waals surface area contributed by atoms with Crippen LogP contribution < -0.4 is 14.7 Å². The van der Waals surface area contributed by atoms with Gasteiger partial charge >= 0.3 is 0 Å². The van der Waals surface area contributed by atoms with Crippen molar-refractivity contribution < 1.29 is 14.4 Å². The zero-order valence-corrected chi connectivity index (χ0v) is 24.8. The van der Waals surface area contributed by atoms with Crippen molar-refractivity contribution in [3.8, 4) is 0 Å². The molecule has 39 heavy (non-hydrogen) atoms. The van der Waals surface area contributed by atoms with Gasteiger partial charge in [-0.2, -0.15) is 0 Å². The maximum atomic E-state index is 13.5. The lowest BCUT2D eigenvalue weighted by molar-refractivity contribution is -0.119. The molecule has 0 saturated heterocycles. The summed E-state index contributed by atoms with van der Waals surface area (Å²) in [6.07, 6.45) is 17.8. The molecule has 0 aliphatic heterocycles. The number of hydrogen-bond donors (Lipinski definition) is 0. The molecule has 3 amide bonds. The molecular weight excluding hydrogens is 486 g/mol. The highest BCUT2D eigenvalue weighted by molar-refractivity contribution is 6.01. The van der Waals surface area contributed by atoms with Gasteiger partial charge in [0.2, 0.25) is 17.7 Å². The summed E-state index contributed by atoms with van der Waals surface area (Å²) in [5.41, 5.74) is 2.57. The first-order valence-electron chi connectivity index (χ1n) is 16.1. The van der Waals surface area contributed by atoms with E-state index in [2.05, 4.69) is 18.2 Å². The second kappa shape index (κ2) is 14.3. The third kappa shape index (κ3) is 7.05. The molecule has 0 N–H and O–H groups in total. The fourth-order valence-electron chi connectivity index (χ4n) is 7.20. The van der Waals surface area contributed by atoms with Gasteiger partial charge in [-0.3, -0.25) is 14.4 Å². The van der Waals surface area contributed by atoms with Crippen LogP contribution in [0.25, 0.3) is 0 Å². The van der Waals surface area contributed by atoms with Crippen molar-refractivity contribution in [1.29, 1.82) is 0 Å². The van der Waals surface area contributed by atoms with Crippen molar-refractivity contribution >= 4 is 34.8 Å². The number of benzene rings is 1. The molecule has 0 spiro atoms. The van der Waals surface area contributed by atoms with E-state index in [4.69, 9.17) is 0 Å². The van der Waals surface area contributed by atoms with Crippen LogP contribution in [0.2, 0.25) is 0 Å². The van der Waals surface area contributed by atoms with Gasteiger partial charge in [0.15, 0.2) is 0 Å². The first kappa shape index (κ1) is 29.6. The first-order chi connectivity index (χ1) is 19.0. The van der Waals surface area contributed by atoms with Crippen LogP contribution in [-0.4, -0.2) is 35.8 Å². The number of anilines is 3. The van der Waals surface area contributed by atoms with Crippen LogP contribution in [0.5, 0.6) is 0 Å². The smallest absolute Gasteiger partial charge is 0.226 e. The Hall–Kier alpha value is -2.37. The quantitative estimate of drug-likeness (QED) is 0.321. The van der Waals surface area contributed by atoms with Gasteiger partial charge in [0, 0.05) is 54.5 Å². The summed E-state index contributed by atoms with van der Waals surface area (Å²) in [6, 6.07) is 6.77. The van der Waals surface area contributed by atoms with Crippen LogP contribution in [0.3, 0.4) is 0 Å². The molecule has 6 nitrogen and oxygen atoms in total. The molecule has 6 heteroatoms. The molecule has 3 aliphatic carbocycles. The van der Waals surface area contributed by atoms with E-state index in [1.54, 1.807) is 0 Å². The molecule has 1 aromatic rings. The van der Waals surface area contributed by atoms with Crippen molar-refractivity contribution in [1.82, 2.24) is 0 Å². The largest absolute Gasteiger partial charge is 0.309 e.